The fraction of sp³-hybridized carbons (Fsp3) is 0.571. The molecule has 0 aliphatic heterocycles. The molecule has 0 saturated heterocycles. The number of rotatable bonds is 3. The second-order valence-electron chi connectivity index (χ2n) is 5.48. The minimum absolute atomic E-state index is 0.00334. The molecule has 0 amide bonds. The summed E-state index contributed by atoms with van der Waals surface area (Å²) in [6.45, 7) is 3.77. The Labute approximate surface area is 108 Å². The van der Waals surface area contributed by atoms with E-state index in [1.165, 1.54) is 12.0 Å². The van der Waals surface area contributed by atoms with Gasteiger partial charge in [-0.15, -0.1) is 0 Å². The van der Waals surface area contributed by atoms with Gasteiger partial charge >= 0.3 is 0 Å². The number of aromatic nitrogens is 1. The third kappa shape index (κ3) is 2.62. The number of fused-ring (bicyclic) bond motifs is 1. The van der Waals surface area contributed by atoms with Gasteiger partial charge in [0.05, 0.1) is 17.7 Å². The quantitative estimate of drug-likeness (QED) is 0.854. The summed E-state index contributed by atoms with van der Waals surface area (Å²) in [4.78, 5) is 4.57. The lowest BCUT2D eigenvalue weighted by molar-refractivity contribution is 0.234. The van der Waals surface area contributed by atoms with Gasteiger partial charge in [-0.25, -0.2) is 4.98 Å². The van der Waals surface area contributed by atoms with Gasteiger partial charge < -0.3 is 10.4 Å². The van der Waals surface area contributed by atoms with E-state index in [9.17, 15) is 10.4 Å². The molecule has 2 N–H and O–H groups in total. The number of hydrogen-bond acceptors (Lipinski definition) is 4. The van der Waals surface area contributed by atoms with Crippen LogP contribution in [-0.4, -0.2) is 22.2 Å². The first-order valence-corrected chi connectivity index (χ1v) is 6.38. The van der Waals surface area contributed by atoms with E-state index < -0.39 is 5.54 Å². The molecule has 1 aromatic rings. The van der Waals surface area contributed by atoms with Crippen molar-refractivity contribution in [1.82, 2.24) is 4.98 Å². The van der Waals surface area contributed by atoms with E-state index >= 15 is 0 Å². The van der Waals surface area contributed by atoms with Crippen LogP contribution in [0.2, 0.25) is 0 Å². The highest BCUT2D eigenvalue weighted by Gasteiger charge is 2.21. The first kappa shape index (κ1) is 12.8. The fourth-order valence-corrected chi connectivity index (χ4v) is 2.17. The van der Waals surface area contributed by atoms with Gasteiger partial charge in [0.25, 0.3) is 0 Å². The zero-order chi connectivity index (χ0) is 13.2. The van der Waals surface area contributed by atoms with Gasteiger partial charge in [0.1, 0.15) is 11.9 Å². The van der Waals surface area contributed by atoms with Gasteiger partial charge in [0.15, 0.2) is 0 Å². The summed E-state index contributed by atoms with van der Waals surface area (Å²) in [6, 6.07) is 4.13. The summed E-state index contributed by atoms with van der Waals surface area (Å²) in [7, 11) is 0. The SMILES string of the molecule is CC(C)(CO)Nc1nc2c(cc1C#N)CCCC2. The Kier molecular flexibility index (Phi) is 3.53. The molecule has 4 nitrogen and oxygen atoms in total. The molecule has 0 fully saturated rings. The predicted octanol–water partition coefficient (Wildman–Crippen LogP) is 2.01. The number of anilines is 1. The molecule has 0 atom stereocenters. The van der Waals surface area contributed by atoms with Crippen LogP contribution in [-0.2, 0) is 12.8 Å². The lowest BCUT2D eigenvalue weighted by Gasteiger charge is -2.26. The summed E-state index contributed by atoms with van der Waals surface area (Å²) in [5.41, 5.74) is 2.39. The third-order valence-electron chi connectivity index (χ3n) is 3.27. The average Bonchev–Trinajstić information content (AvgIpc) is 2.37. The number of hydrogen-bond donors (Lipinski definition) is 2. The fourth-order valence-electron chi connectivity index (χ4n) is 2.17. The Bertz CT molecular complexity index is 489. The molecule has 0 saturated carbocycles. The Morgan fingerprint density at radius 2 is 2.17 bits per heavy atom. The number of nitrogens with one attached hydrogen (secondary N) is 1. The highest BCUT2D eigenvalue weighted by Crippen LogP contribution is 2.25. The zero-order valence-electron chi connectivity index (χ0n) is 11.0. The molecule has 0 radical (unpaired) electrons. The molecule has 0 bridgehead atoms. The molecule has 0 spiro atoms. The highest BCUT2D eigenvalue weighted by atomic mass is 16.3. The van der Waals surface area contributed by atoms with E-state index in [0.29, 0.717) is 11.4 Å². The molecule has 0 aromatic carbocycles. The molecular formula is C14H19N3O. The number of pyridine rings is 1. The van der Waals surface area contributed by atoms with Crippen molar-refractivity contribution in [2.24, 2.45) is 0 Å². The van der Waals surface area contributed by atoms with Crippen molar-refractivity contribution in [3.63, 3.8) is 0 Å². The van der Waals surface area contributed by atoms with Crippen molar-refractivity contribution in [3.05, 3.63) is 22.9 Å². The number of aliphatic hydroxyl groups excluding tert-OH is 1. The number of aryl methyl sites for hydroxylation is 2. The first-order valence-electron chi connectivity index (χ1n) is 6.38. The summed E-state index contributed by atoms with van der Waals surface area (Å²) in [6.07, 6.45) is 4.33. The molecule has 2 rings (SSSR count). The minimum Gasteiger partial charge on any atom is -0.394 e. The van der Waals surface area contributed by atoms with Gasteiger partial charge in [-0.05, 0) is 51.2 Å². The molecule has 1 heterocycles. The monoisotopic (exact) mass is 245 g/mol. The van der Waals surface area contributed by atoms with Gasteiger partial charge in [0.2, 0.25) is 0 Å². The van der Waals surface area contributed by atoms with E-state index in [2.05, 4.69) is 16.4 Å². The van der Waals surface area contributed by atoms with Gasteiger partial charge in [-0.3, -0.25) is 0 Å². The van der Waals surface area contributed by atoms with Crippen molar-refractivity contribution < 1.29 is 5.11 Å². The molecule has 1 aliphatic rings. The zero-order valence-corrected chi connectivity index (χ0v) is 11.0. The van der Waals surface area contributed by atoms with Crippen molar-refractivity contribution in [1.29, 1.82) is 5.26 Å². The minimum atomic E-state index is -0.471. The number of nitriles is 1. The van der Waals surface area contributed by atoms with Crippen LogP contribution < -0.4 is 5.32 Å². The van der Waals surface area contributed by atoms with Gasteiger partial charge in [-0.2, -0.15) is 5.26 Å². The van der Waals surface area contributed by atoms with Crippen LogP contribution in [0.5, 0.6) is 0 Å². The van der Waals surface area contributed by atoms with Crippen LogP contribution in [0.1, 0.15) is 43.5 Å². The normalized spacial score (nSPS) is 14.8. The lowest BCUT2D eigenvalue weighted by Crippen LogP contribution is -2.35. The molecule has 0 unspecified atom stereocenters. The van der Waals surface area contributed by atoms with Crippen LogP contribution in [0.25, 0.3) is 0 Å². The standard InChI is InChI=1S/C14H19N3O/c1-14(2,9-18)17-13-11(8-15)7-10-5-3-4-6-12(10)16-13/h7,18H,3-6,9H2,1-2H3,(H,16,17). The van der Waals surface area contributed by atoms with Crippen LogP contribution in [0.3, 0.4) is 0 Å². The molecule has 1 aromatic heterocycles. The predicted molar refractivity (Wildman–Crippen MR) is 70.4 cm³/mol. The van der Waals surface area contributed by atoms with Crippen molar-refractivity contribution in [3.8, 4) is 6.07 Å². The first-order chi connectivity index (χ1) is 8.55. The maximum atomic E-state index is 9.28. The second-order valence-corrected chi connectivity index (χ2v) is 5.48. The van der Waals surface area contributed by atoms with Crippen molar-refractivity contribution in [2.75, 3.05) is 11.9 Å². The van der Waals surface area contributed by atoms with Crippen LogP contribution in [0.4, 0.5) is 5.82 Å². The molecule has 18 heavy (non-hydrogen) atoms. The van der Waals surface area contributed by atoms with Crippen molar-refractivity contribution >= 4 is 5.82 Å². The summed E-state index contributed by atoms with van der Waals surface area (Å²) in [5, 5.41) is 21.6. The number of nitrogens with zero attached hydrogens (tertiary/aromatic N) is 2. The summed E-state index contributed by atoms with van der Waals surface area (Å²) >= 11 is 0. The second kappa shape index (κ2) is 4.95. The maximum Gasteiger partial charge on any atom is 0.144 e. The molecular weight excluding hydrogens is 226 g/mol. The number of aliphatic hydroxyl groups is 1. The maximum absolute atomic E-state index is 9.28. The lowest BCUT2D eigenvalue weighted by atomic mass is 9.94. The molecule has 96 valence electrons. The van der Waals surface area contributed by atoms with Crippen molar-refractivity contribution in [2.45, 2.75) is 45.1 Å². The average molecular weight is 245 g/mol. The van der Waals surface area contributed by atoms with E-state index in [1.807, 2.05) is 19.9 Å². The van der Waals surface area contributed by atoms with Gasteiger partial charge in [-0.1, -0.05) is 0 Å². The largest absolute Gasteiger partial charge is 0.394 e. The van der Waals surface area contributed by atoms with Crippen LogP contribution in [0, 0.1) is 11.3 Å². The third-order valence-corrected chi connectivity index (χ3v) is 3.27. The van der Waals surface area contributed by atoms with Gasteiger partial charge in [0, 0.05) is 5.69 Å². The molecule has 4 heteroatoms. The highest BCUT2D eigenvalue weighted by molar-refractivity contribution is 5.55. The topological polar surface area (TPSA) is 68.9 Å². The van der Waals surface area contributed by atoms with E-state index in [-0.39, 0.29) is 6.61 Å². The Morgan fingerprint density at radius 1 is 1.44 bits per heavy atom. The van der Waals surface area contributed by atoms with Crippen LogP contribution in [0.15, 0.2) is 6.07 Å². The smallest absolute Gasteiger partial charge is 0.144 e. The van der Waals surface area contributed by atoms with E-state index in [4.69, 9.17) is 0 Å². The Morgan fingerprint density at radius 3 is 2.83 bits per heavy atom. The Hall–Kier alpha value is -1.60. The van der Waals surface area contributed by atoms with E-state index in [0.717, 1.165) is 25.0 Å². The van der Waals surface area contributed by atoms with Crippen LogP contribution >= 0.6 is 0 Å². The summed E-state index contributed by atoms with van der Waals surface area (Å²) < 4.78 is 0. The Balaban J connectivity index is 2.37. The summed E-state index contributed by atoms with van der Waals surface area (Å²) in [5.74, 6) is 0.595. The molecule has 1 aliphatic carbocycles. The van der Waals surface area contributed by atoms with E-state index in [1.54, 1.807) is 0 Å².